The normalized spacial score (nSPS) is 17.2. The van der Waals surface area contributed by atoms with Crippen molar-refractivity contribution in [2.24, 2.45) is 0 Å². The molecule has 0 saturated heterocycles. The van der Waals surface area contributed by atoms with Crippen molar-refractivity contribution in [3.05, 3.63) is 33.8 Å². The first-order valence-electron chi connectivity index (χ1n) is 6.74. The molecular weight excluding hydrogens is 290 g/mol. The fourth-order valence-corrected chi connectivity index (χ4v) is 2.91. The molecule has 2 nitrogen and oxygen atoms in total. The van der Waals surface area contributed by atoms with Gasteiger partial charge in [-0.3, -0.25) is 4.79 Å². The zero-order chi connectivity index (χ0) is 13.0. The van der Waals surface area contributed by atoms with Gasteiger partial charge in [0.2, 0.25) is 0 Å². The van der Waals surface area contributed by atoms with Crippen LogP contribution in [-0.4, -0.2) is 11.9 Å². The van der Waals surface area contributed by atoms with Crippen LogP contribution in [0, 0.1) is 6.92 Å². The molecule has 0 bridgehead atoms. The Morgan fingerprint density at radius 1 is 1.22 bits per heavy atom. The molecule has 98 valence electrons. The number of hydrogen-bond acceptors (Lipinski definition) is 1. The van der Waals surface area contributed by atoms with E-state index in [1.165, 1.54) is 25.7 Å². The van der Waals surface area contributed by atoms with Gasteiger partial charge in [-0.1, -0.05) is 47.7 Å². The Morgan fingerprint density at radius 3 is 2.56 bits per heavy atom. The molecule has 1 aromatic carbocycles. The second-order valence-corrected chi connectivity index (χ2v) is 5.93. The number of amides is 1. The van der Waals surface area contributed by atoms with E-state index >= 15 is 0 Å². The molecule has 1 saturated carbocycles. The van der Waals surface area contributed by atoms with Gasteiger partial charge >= 0.3 is 0 Å². The molecule has 1 aliphatic carbocycles. The molecular formula is C15H20BrNO. The van der Waals surface area contributed by atoms with Crippen molar-refractivity contribution >= 4 is 21.8 Å². The number of rotatable bonds is 2. The fraction of sp³-hybridized carbons (Fsp3) is 0.533. The zero-order valence-electron chi connectivity index (χ0n) is 10.8. The van der Waals surface area contributed by atoms with Crippen molar-refractivity contribution in [3.63, 3.8) is 0 Å². The largest absolute Gasteiger partial charge is 0.349 e. The Bertz CT molecular complexity index is 423. The Labute approximate surface area is 117 Å². The van der Waals surface area contributed by atoms with Gasteiger partial charge in [0.05, 0.1) is 0 Å². The van der Waals surface area contributed by atoms with E-state index in [1.807, 2.05) is 25.1 Å². The molecule has 1 aromatic rings. The van der Waals surface area contributed by atoms with E-state index in [9.17, 15) is 4.79 Å². The van der Waals surface area contributed by atoms with Crippen molar-refractivity contribution in [2.45, 2.75) is 51.5 Å². The first-order valence-corrected chi connectivity index (χ1v) is 7.54. The van der Waals surface area contributed by atoms with E-state index in [0.717, 1.165) is 28.4 Å². The van der Waals surface area contributed by atoms with E-state index in [2.05, 4.69) is 21.2 Å². The first kappa shape index (κ1) is 13.6. The standard InChI is InChI=1S/C15H20BrNO/c1-11-13(9-6-10-14(11)16)15(18)17-12-7-4-2-3-5-8-12/h6,9-10,12H,2-5,7-8H2,1H3,(H,17,18). The SMILES string of the molecule is Cc1c(Br)cccc1C(=O)NC1CCCCCC1. The van der Waals surface area contributed by atoms with Crippen molar-refractivity contribution in [2.75, 3.05) is 0 Å². The van der Waals surface area contributed by atoms with Crippen LogP contribution >= 0.6 is 15.9 Å². The third-order valence-corrected chi connectivity index (χ3v) is 4.56. The van der Waals surface area contributed by atoms with Gasteiger partial charge in [0, 0.05) is 16.1 Å². The van der Waals surface area contributed by atoms with Gasteiger partial charge in [0.1, 0.15) is 0 Å². The number of carbonyl (C=O) groups is 1. The second-order valence-electron chi connectivity index (χ2n) is 5.07. The molecule has 0 aromatic heterocycles. The summed E-state index contributed by atoms with van der Waals surface area (Å²) in [6, 6.07) is 6.14. The molecule has 1 aliphatic rings. The summed E-state index contributed by atoms with van der Waals surface area (Å²) in [5.41, 5.74) is 1.80. The van der Waals surface area contributed by atoms with Gasteiger partial charge in [0.25, 0.3) is 5.91 Å². The lowest BCUT2D eigenvalue weighted by Gasteiger charge is -2.17. The van der Waals surface area contributed by atoms with Crippen LogP contribution in [0.5, 0.6) is 0 Å². The van der Waals surface area contributed by atoms with Crippen LogP contribution in [0.3, 0.4) is 0 Å². The Hall–Kier alpha value is -0.830. The van der Waals surface area contributed by atoms with Crippen LogP contribution in [0.1, 0.15) is 54.4 Å². The first-order chi connectivity index (χ1) is 8.68. The van der Waals surface area contributed by atoms with Gasteiger partial charge < -0.3 is 5.32 Å². The fourth-order valence-electron chi connectivity index (χ4n) is 2.54. The topological polar surface area (TPSA) is 29.1 Å². The molecule has 18 heavy (non-hydrogen) atoms. The monoisotopic (exact) mass is 309 g/mol. The average molecular weight is 310 g/mol. The van der Waals surface area contributed by atoms with Crippen LogP contribution < -0.4 is 5.32 Å². The van der Waals surface area contributed by atoms with Crippen LogP contribution in [0.2, 0.25) is 0 Å². The molecule has 0 heterocycles. The Kier molecular flexibility index (Phi) is 4.81. The minimum Gasteiger partial charge on any atom is -0.349 e. The third-order valence-electron chi connectivity index (χ3n) is 3.70. The predicted molar refractivity (Wildman–Crippen MR) is 77.8 cm³/mol. The van der Waals surface area contributed by atoms with Gasteiger partial charge in [-0.2, -0.15) is 0 Å². The molecule has 2 rings (SSSR count). The Balaban J connectivity index is 2.04. The number of halogens is 1. The van der Waals surface area contributed by atoms with Crippen molar-refractivity contribution < 1.29 is 4.79 Å². The minimum absolute atomic E-state index is 0.0701. The Morgan fingerprint density at radius 2 is 1.89 bits per heavy atom. The molecule has 0 unspecified atom stereocenters. The smallest absolute Gasteiger partial charge is 0.251 e. The highest BCUT2D eigenvalue weighted by Crippen LogP contribution is 2.21. The van der Waals surface area contributed by atoms with Crippen LogP contribution in [0.15, 0.2) is 22.7 Å². The van der Waals surface area contributed by atoms with E-state index in [-0.39, 0.29) is 5.91 Å². The zero-order valence-corrected chi connectivity index (χ0v) is 12.4. The predicted octanol–water partition coefficient (Wildman–Crippen LogP) is 4.21. The summed E-state index contributed by atoms with van der Waals surface area (Å²) in [7, 11) is 0. The van der Waals surface area contributed by atoms with Gasteiger partial charge in [-0.05, 0) is 37.5 Å². The molecule has 0 radical (unpaired) electrons. The molecule has 0 spiro atoms. The molecule has 0 atom stereocenters. The molecule has 0 aliphatic heterocycles. The van der Waals surface area contributed by atoms with Crippen molar-refractivity contribution in [1.29, 1.82) is 0 Å². The van der Waals surface area contributed by atoms with Crippen LogP contribution in [0.25, 0.3) is 0 Å². The second kappa shape index (κ2) is 6.37. The minimum atomic E-state index is 0.0701. The van der Waals surface area contributed by atoms with Crippen LogP contribution in [-0.2, 0) is 0 Å². The summed E-state index contributed by atoms with van der Waals surface area (Å²) in [4.78, 5) is 12.3. The van der Waals surface area contributed by atoms with E-state index in [4.69, 9.17) is 0 Å². The van der Waals surface area contributed by atoms with Gasteiger partial charge in [-0.15, -0.1) is 0 Å². The van der Waals surface area contributed by atoms with Gasteiger partial charge in [-0.25, -0.2) is 0 Å². The number of hydrogen-bond donors (Lipinski definition) is 1. The summed E-state index contributed by atoms with van der Waals surface area (Å²) in [6.07, 6.45) is 7.34. The summed E-state index contributed by atoms with van der Waals surface area (Å²) in [6.45, 7) is 1.98. The lowest BCUT2D eigenvalue weighted by atomic mass is 10.1. The lowest BCUT2D eigenvalue weighted by molar-refractivity contribution is 0.0932. The van der Waals surface area contributed by atoms with E-state index in [0.29, 0.717) is 6.04 Å². The van der Waals surface area contributed by atoms with E-state index < -0.39 is 0 Å². The summed E-state index contributed by atoms with van der Waals surface area (Å²) in [5.74, 6) is 0.0701. The van der Waals surface area contributed by atoms with E-state index in [1.54, 1.807) is 0 Å². The quantitative estimate of drug-likeness (QED) is 0.815. The summed E-state index contributed by atoms with van der Waals surface area (Å²) < 4.78 is 0.996. The highest BCUT2D eigenvalue weighted by molar-refractivity contribution is 9.10. The number of carbonyl (C=O) groups excluding carboxylic acids is 1. The molecule has 1 N–H and O–H groups in total. The van der Waals surface area contributed by atoms with Crippen molar-refractivity contribution in [3.8, 4) is 0 Å². The average Bonchev–Trinajstić information content (AvgIpc) is 2.61. The van der Waals surface area contributed by atoms with Crippen LogP contribution in [0.4, 0.5) is 0 Å². The third kappa shape index (κ3) is 3.35. The lowest BCUT2D eigenvalue weighted by Crippen LogP contribution is -2.34. The van der Waals surface area contributed by atoms with Crippen molar-refractivity contribution in [1.82, 2.24) is 5.32 Å². The maximum Gasteiger partial charge on any atom is 0.251 e. The highest BCUT2D eigenvalue weighted by atomic mass is 79.9. The molecule has 3 heteroatoms. The summed E-state index contributed by atoms with van der Waals surface area (Å²) >= 11 is 3.47. The summed E-state index contributed by atoms with van der Waals surface area (Å²) in [5, 5.41) is 3.18. The number of benzene rings is 1. The maximum absolute atomic E-state index is 12.3. The molecule has 1 fully saturated rings. The van der Waals surface area contributed by atoms with Gasteiger partial charge in [0.15, 0.2) is 0 Å². The highest BCUT2D eigenvalue weighted by Gasteiger charge is 2.17. The molecule has 1 amide bonds. The number of nitrogens with one attached hydrogen (secondary N) is 1. The maximum atomic E-state index is 12.3.